The van der Waals surface area contributed by atoms with Crippen LogP contribution in [-0.4, -0.2) is 23.4 Å². The standard InChI is InChI=1S/C8H11NO/c10-8-5-1-3-7-4-2-6-9(7)8/h1,3,7H,2,4-6H2/t7-/m1/s1. The van der Waals surface area contributed by atoms with Gasteiger partial charge in [-0.25, -0.2) is 0 Å². The molecule has 1 atom stereocenters. The lowest BCUT2D eigenvalue weighted by Crippen LogP contribution is -2.36. The Morgan fingerprint density at radius 3 is 3.30 bits per heavy atom. The molecule has 0 aliphatic carbocycles. The van der Waals surface area contributed by atoms with Crippen LogP contribution in [-0.2, 0) is 4.79 Å². The molecule has 0 aromatic rings. The second kappa shape index (κ2) is 2.11. The Labute approximate surface area is 60.5 Å². The van der Waals surface area contributed by atoms with Crippen molar-refractivity contribution in [2.45, 2.75) is 25.3 Å². The predicted molar refractivity (Wildman–Crippen MR) is 38.5 cm³/mol. The Hall–Kier alpha value is -0.790. The molecule has 0 spiro atoms. The Morgan fingerprint density at radius 2 is 2.50 bits per heavy atom. The van der Waals surface area contributed by atoms with E-state index in [1.165, 1.54) is 12.8 Å². The van der Waals surface area contributed by atoms with Crippen LogP contribution in [0.1, 0.15) is 19.3 Å². The zero-order valence-corrected chi connectivity index (χ0v) is 5.92. The molecule has 0 saturated carbocycles. The van der Waals surface area contributed by atoms with Gasteiger partial charge in [-0.15, -0.1) is 0 Å². The van der Waals surface area contributed by atoms with Crippen molar-refractivity contribution < 1.29 is 4.79 Å². The lowest BCUT2D eigenvalue weighted by Gasteiger charge is -2.24. The molecule has 2 rings (SSSR count). The normalized spacial score (nSPS) is 31.0. The smallest absolute Gasteiger partial charge is 0.226 e. The van der Waals surface area contributed by atoms with Crippen LogP contribution in [0.3, 0.4) is 0 Å². The molecule has 2 heteroatoms. The van der Waals surface area contributed by atoms with Crippen LogP contribution in [0.4, 0.5) is 0 Å². The molecule has 54 valence electrons. The molecule has 0 aromatic heterocycles. The molecule has 0 bridgehead atoms. The van der Waals surface area contributed by atoms with Gasteiger partial charge in [0.1, 0.15) is 0 Å². The molecule has 1 fully saturated rings. The van der Waals surface area contributed by atoms with E-state index in [1.807, 2.05) is 11.0 Å². The molecule has 10 heavy (non-hydrogen) atoms. The van der Waals surface area contributed by atoms with E-state index >= 15 is 0 Å². The van der Waals surface area contributed by atoms with Crippen LogP contribution in [0.15, 0.2) is 12.2 Å². The fourth-order valence-corrected chi connectivity index (χ4v) is 1.75. The van der Waals surface area contributed by atoms with Crippen LogP contribution < -0.4 is 0 Å². The number of carbonyl (C=O) groups excluding carboxylic acids is 1. The first kappa shape index (κ1) is 5.96. The van der Waals surface area contributed by atoms with Crippen molar-refractivity contribution in [3.05, 3.63) is 12.2 Å². The van der Waals surface area contributed by atoms with Crippen LogP contribution in [0.5, 0.6) is 0 Å². The molecule has 2 aliphatic rings. The number of nitrogens with zero attached hydrogens (tertiary/aromatic N) is 1. The van der Waals surface area contributed by atoms with Crippen molar-refractivity contribution >= 4 is 5.91 Å². The quantitative estimate of drug-likeness (QED) is 0.455. The van der Waals surface area contributed by atoms with Crippen LogP contribution >= 0.6 is 0 Å². The fraction of sp³-hybridized carbons (Fsp3) is 0.625. The number of rotatable bonds is 0. The first-order chi connectivity index (χ1) is 4.88. The minimum atomic E-state index is 0.310. The summed E-state index contributed by atoms with van der Waals surface area (Å²) in [5, 5.41) is 0. The van der Waals surface area contributed by atoms with Gasteiger partial charge in [0.2, 0.25) is 5.91 Å². The summed E-state index contributed by atoms with van der Waals surface area (Å²) < 4.78 is 0. The number of carbonyl (C=O) groups is 1. The predicted octanol–water partition coefficient (Wildman–Crippen LogP) is 0.937. The molecule has 2 heterocycles. The third-order valence-electron chi connectivity index (χ3n) is 2.27. The summed E-state index contributed by atoms with van der Waals surface area (Å²) in [5.74, 6) is 0.310. The average molecular weight is 137 g/mol. The van der Waals surface area contributed by atoms with E-state index in [1.54, 1.807) is 0 Å². The topological polar surface area (TPSA) is 20.3 Å². The third kappa shape index (κ3) is 0.753. The van der Waals surface area contributed by atoms with Crippen molar-refractivity contribution in [1.29, 1.82) is 0 Å². The molecule has 0 N–H and O–H groups in total. The molecule has 1 saturated heterocycles. The summed E-state index contributed by atoms with van der Waals surface area (Å²) in [7, 11) is 0. The van der Waals surface area contributed by atoms with E-state index in [4.69, 9.17) is 0 Å². The lowest BCUT2D eigenvalue weighted by atomic mass is 10.1. The maximum atomic E-state index is 11.2. The van der Waals surface area contributed by atoms with Gasteiger partial charge in [-0.05, 0) is 12.8 Å². The summed E-state index contributed by atoms with van der Waals surface area (Å²) in [6.07, 6.45) is 7.13. The van der Waals surface area contributed by atoms with Crippen molar-refractivity contribution in [3.63, 3.8) is 0 Å². The Bertz CT molecular complexity index is 186. The molecule has 0 radical (unpaired) electrons. The molecule has 0 aromatic carbocycles. The van der Waals surface area contributed by atoms with Gasteiger partial charge in [-0.3, -0.25) is 4.79 Å². The fourth-order valence-electron chi connectivity index (χ4n) is 1.75. The average Bonchev–Trinajstić information content (AvgIpc) is 2.36. The Morgan fingerprint density at radius 1 is 1.60 bits per heavy atom. The highest BCUT2D eigenvalue weighted by Gasteiger charge is 2.27. The Balaban J connectivity index is 2.22. The van der Waals surface area contributed by atoms with E-state index < -0.39 is 0 Å². The summed E-state index contributed by atoms with van der Waals surface area (Å²) >= 11 is 0. The van der Waals surface area contributed by atoms with Crippen molar-refractivity contribution in [3.8, 4) is 0 Å². The summed E-state index contributed by atoms with van der Waals surface area (Å²) in [6, 6.07) is 0.446. The zero-order valence-electron chi connectivity index (χ0n) is 5.92. The van der Waals surface area contributed by atoms with Crippen molar-refractivity contribution in [2.24, 2.45) is 0 Å². The van der Waals surface area contributed by atoms with Crippen LogP contribution in [0.2, 0.25) is 0 Å². The van der Waals surface area contributed by atoms with E-state index in [9.17, 15) is 4.79 Å². The van der Waals surface area contributed by atoms with Gasteiger partial charge in [-0.2, -0.15) is 0 Å². The molecular formula is C8H11NO. The number of hydrogen-bond donors (Lipinski definition) is 0. The lowest BCUT2D eigenvalue weighted by molar-refractivity contribution is -0.130. The minimum Gasteiger partial charge on any atom is -0.336 e. The molecule has 0 unspecified atom stereocenters. The number of amides is 1. The monoisotopic (exact) mass is 137 g/mol. The van der Waals surface area contributed by atoms with Gasteiger partial charge >= 0.3 is 0 Å². The first-order valence-electron chi connectivity index (χ1n) is 3.84. The maximum absolute atomic E-state index is 11.2. The van der Waals surface area contributed by atoms with Crippen molar-refractivity contribution in [1.82, 2.24) is 4.90 Å². The molecule has 2 aliphatic heterocycles. The summed E-state index contributed by atoms with van der Waals surface area (Å²) in [5.41, 5.74) is 0. The van der Waals surface area contributed by atoms with E-state index in [2.05, 4.69) is 6.08 Å². The molecule has 1 amide bonds. The minimum absolute atomic E-state index is 0.310. The van der Waals surface area contributed by atoms with E-state index in [-0.39, 0.29) is 0 Å². The Kier molecular flexibility index (Phi) is 1.26. The third-order valence-corrected chi connectivity index (χ3v) is 2.27. The summed E-state index contributed by atoms with van der Waals surface area (Å²) in [6.45, 7) is 0.980. The maximum Gasteiger partial charge on any atom is 0.226 e. The SMILES string of the molecule is O=C1CC=C[C@@H]2CCCN12. The van der Waals surface area contributed by atoms with E-state index in [0.717, 1.165) is 6.54 Å². The van der Waals surface area contributed by atoms with Gasteiger partial charge in [0.15, 0.2) is 0 Å². The second-order valence-electron chi connectivity index (χ2n) is 2.93. The number of hydrogen-bond acceptors (Lipinski definition) is 1. The largest absolute Gasteiger partial charge is 0.336 e. The molecular weight excluding hydrogens is 126 g/mol. The molecule has 2 nitrogen and oxygen atoms in total. The van der Waals surface area contributed by atoms with Gasteiger partial charge in [0.05, 0.1) is 6.04 Å². The first-order valence-corrected chi connectivity index (χ1v) is 3.84. The van der Waals surface area contributed by atoms with Crippen LogP contribution in [0, 0.1) is 0 Å². The second-order valence-corrected chi connectivity index (χ2v) is 2.93. The van der Waals surface area contributed by atoms with Gasteiger partial charge < -0.3 is 4.90 Å². The highest BCUT2D eigenvalue weighted by molar-refractivity contribution is 5.79. The zero-order chi connectivity index (χ0) is 6.97. The van der Waals surface area contributed by atoms with Crippen LogP contribution in [0.25, 0.3) is 0 Å². The van der Waals surface area contributed by atoms with Crippen molar-refractivity contribution in [2.75, 3.05) is 6.54 Å². The number of fused-ring (bicyclic) bond motifs is 1. The van der Waals surface area contributed by atoms with E-state index in [0.29, 0.717) is 18.4 Å². The highest BCUT2D eigenvalue weighted by atomic mass is 16.2. The van der Waals surface area contributed by atoms with Gasteiger partial charge in [-0.1, -0.05) is 12.2 Å². The highest BCUT2D eigenvalue weighted by Crippen LogP contribution is 2.22. The summed E-state index contributed by atoms with van der Waals surface area (Å²) in [4.78, 5) is 13.1. The van der Waals surface area contributed by atoms with Gasteiger partial charge in [0, 0.05) is 13.0 Å². The van der Waals surface area contributed by atoms with Gasteiger partial charge in [0.25, 0.3) is 0 Å².